The maximum atomic E-state index is 13.5. The van der Waals surface area contributed by atoms with E-state index in [0.29, 0.717) is 0 Å². The zero-order valence-corrected chi connectivity index (χ0v) is 10.6. The molecule has 2 amide bonds. The quantitative estimate of drug-likeness (QED) is 0.674. The fraction of sp³-hybridized carbons (Fsp3) is 0.273. The van der Waals surface area contributed by atoms with Gasteiger partial charge in [0.1, 0.15) is 0 Å². The molecule has 0 radical (unpaired) electrons. The van der Waals surface area contributed by atoms with Crippen LogP contribution in [-0.4, -0.2) is 34.4 Å². The summed E-state index contributed by atoms with van der Waals surface area (Å²) in [5.41, 5.74) is -0.195. The van der Waals surface area contributed by atoms with E-state index in [1.165, 1.54) is 25.1 Å². The minimum absolute atomic E-state index is 0.178. The smallest absolute Gasteiger partial charge is 0.328 e. The molecule has 0 fully saturated rings. The summed E-state index contributed by atoms with van der Waals surface area (Å²) >= 11 is 5.52. The van der Waals surface area contributed by atoms with E-state index < -0.39 is 30.0 Å². The molecule has 4 N–H and O–H groups in total. The molecule has 0 saturated heterocycles. The summed E-state index contributed by atoms with van der Waals surface area (Å²) in [5.74, 6) is -2.24. The molecule has 104 valence electrons. The largest absolute Gasteiger partial charge is 0.480 e. The van der Waals surface area contributed by atoms with E-state index in [1.54, 1.807) is 0 Å². The first kappa shape index (κ1) is 15.2. The highest BCUT2D eigenvalue weighted by Crippen LogP contribution is 2.21. The number of aliphatic hydroxyl groups excluding tert-OH is 1. The number of amides is 2. The summed E-state index contributed by atoms with van der Waals surface area (Å²) in [4.78, 5) is 22.2. The van der Waals surface area contributed by atoms with Crippen molar-refractivity contribution in [2.45, 2.75) is 19.1 Å². The van der Waals surface area contributed by atoms with Gasteiger partial charge in [-0.05, 0) is 19.1 Å². The number of carboxylic acid groups (broad SMARTS) is 1. The zero-order chi connectivity index (χ0) is 14.6. The molecule has 0 aliphatic rings. The van der Waals surface area contributed by atoms with Crippen molar-refractivity contribution >= 4 is 29.3 Å². The molecular formula is C11H12ClFN2O4. The fourth-order valence-electron chi connectivity index (χ4n) is 1.29. The number of carbonyl (C=O) groups excluding carboxylic acids is 1. The van der Waals surface area contributed by atoms with Gasteiger partial charge in [0.15, 0.2) is 11.9 Å². The number of anilines is 1. The van der Waals surface area contributed by atoms with E-state index >= 15 is 0 Å². The Hall–Kier alpha value is -1.86. The standard InChI is InChI=1S/C11H12ClFN2O4/c1-5(16)9(10(17)18)15-11(19)14-7-4-2-3-6(12)8(7)13/h2-5,9,16H,1H3,(H,17,18)(H2,14,15,19)/t5-,9+/m1/s1. The molecule has 6 nitrogen and oxygen atoms in total. The third-order valence-electron chi connectivity index (χ3n) is 2.23. The van der Waals surface area contributed by atoms with E-state index in [2.05, 4.69) is 5.32 Å². The molecule has 0 spiro atoms. The first-order chi connectivity index (χ1) is 8.82. The van der Waals surface area contributed by atoms with Gasteiger partial charge in [0.25, 0.3) is 0 Å². The Morgan fingerprint density at radius 1 is 1.42 bits per heavy atom. The van der Waals surface area contributed by atoms with Crippen LogP contribution in [0.2, 0.25) is 5.02 Å². The van der Waals surface area contributed by atoms with E-state index in [9.17, 15) is 19.1 Å². The van der Waals surface area contributed by atoms with E-state index in [0.717, 1.165) is 0 Å². The highest BCUT2D eigenvalue weighted by Gasteiger charge is 2.25. The summed E-state index contributed by atoms with van der Waals surface area (Å²) in [7, 11) is 0. The van der Waals surface area contributed by atoms with Crippen LogP contribution in [0.25, 0.3) is 0 Å². The lowest BCUT2D eigenvalue weighted by Gasteiger charge is -2.17. The number of hydrogen-bond acceptors (Lipinski definition) is 3. The average molecular weight is 291 g/mol. The molecule has 19 heavy (non-hydrogen) atoms. The van der Waals surface area contributed by atoms with Gasteiger partial charge in [-0.3, -0.25) is 0 Å². The molecule has 0 bridgehead atoms. The lowest BCUT2D eigenvalue weighted by Crippen LogP contribution is -2.49. The molecular weight excluding hydrogens is 279 g/mol. The van der Waals surface area contributed by atoms with Crippen LogP contribution >= 0.6 is 11.6 Å². The Labute approximate surface area is 113 Å². The van der Waals surface area contributed by atoms with Crippen molar-refractivity contribution in [2.24, 2.45) is 0 Å². The molecule has 0 unspecified atom stereocenters. The first-order valence-corrected chi connectivity index (χ1v) is 5.63. The number of carboxylic acids is 1. The third kappa shape index (κ3) is 4.08. The third-order valence-corrected chi connectivity index (χ3v) is 2.53. The molecule has 0 saturated carbocycles. The van der Waals surface area contributed by atoms with Crippen LogP contribution in [0, 0.1) is 5.82 Å². The molecule has 8 heteroatoms. The molecule has 0 aromatic heterocycles. The number of aliphatic carboxylic acids is 1. The van der Waals surface area contributed by atoms with E-state index in [4.69, 9.17) is 16.7 Å². The number of rotatable bonds is 4. The molecule has 2 atom stereocenters. The second-order valence-electron chi connectivity index (χ2n) is 3.76. The van der Waals surface area contributed by atoms with Gasteiger partial charge < -0.3 is 20.8 Å². The number of urea groups is 1. The SMILES string of the molecule is C[C@@H](O)[C@H](NC(=O)Nc1cccc(Cl)c1F)C(=O)O. The van der Waals surface area contributed by atoms with Crippen LogP contribution in [0.15, 0.2) is 18.2 Å². The van der Waals surface area contributed by atoms with Crippen LogP contribution in [0.5, 0.6) is 0 Å². The Bertz CT molecular complexity index is 496. The summed E-state index contributed by atoms with van der Waals surface area (Å²) in [5, 5.41) is 21.9. The van der Waals surface area contributed by atoms with Crippen molar-refractivity contribution in [2.75, 3.05) is 5.32 Å². The van der Waals surface area contributed by atoms with Gasteiger partial charge in [0.2, 0.25) is 0 Å². The van der Waals surface area contributed by atoms with Crippen molar-refractivity contribution in [1.29, 1.82) is 0 Å². The van der Waals surface area contributed by atoms with Gasteiger partial charge in [-0.1, -0.05) is 17.7 Å². The molecule has 1 aromatic rings. The van der Waals surface area contributed by atoms with E-state index in [1.807, 2.05) is 5.32 Å². The average Bonchev–Trinajstić information content (AvgIpc) is 2.31. The second-order valence-corrected chi connectivity index (χ2v) is 4.16. The highest BCUT2D eigenvalue weighted by molar-refractivity contribution is 6.31. The summed E-state index contributed by atoms with van der Waals surface area (Å²) < 4.78 is 13.5. The van der Waals surface area contributed by atoms with Gasteiger partial charge >= 0.3 is 12.0 Å². The maximum absolute atomic E-state index is 13.5. The molecule has 0 heterocycles. The van der Waals surface area contributed by atoms with Crippen LogP contribution in [0.3, 0.4) is 0 Å². The van der Waals surface area contributed by atoms with Crippen molar-refractivity contribution < 1.29 is 24.2 Å². The monoisotopic (exact) mass is 290 g/mol. The summed E-state index contributed by atoms with van der Waals surface area (Å²) in [6.07, 6.45) is -1.30. The lowest BCUT2D eigenvalue weighted by atomic mass is 10.2. The van der Waals surface area contributed by atoms with Crippen LogP contribution in [0.1, 0.15) is 6.92 Å². The first-order valence-electron chi connectivity index (χ1n) is 5.25. The Balaban J connectivity index is 2.75. The van der Waals surface area contributed by atoms with Gasteiger partial charge in [0, 0.05) is 0 Å². The Morgan fingerprint density at radius 3 is 2.58 bits per heavy atom. The number of nitrogens with one attached hydrogen (secondary N) is 2. The lowest BCUT2D eigenvalue weighted by molar-refractivity contribution is -0.141. The molecule has 0 aliphatic heterocycles. The van der Waals surface area contributed by atoms with Crippen LogP contribution in [-0.2, 0) is 4.79 Å². The van der Waals surface area contributed by atoms with Crippen LogP contribution < -0.4 is 10.6 Å². The maximum Gasteiger partial charge on any atom is 0.328 e. The number of carbonyl (C=O) groups is 2. The van der Waals surface area contributed by atoms with Crippen molar-refractivity contribution in [3.8, 4) is 0 Å². The predicted molar refractivity (Wildman–Crippen MR) is 66.7 cm³/mol. The summed E-state index contributed by atoms with van der Waals surface area (Å²) in [6.45, 7) is 1.21. The number of hydrogen-bond donors (Lipinski definition) is 4. The Morgan fingerprint density at radius 2 is 2.05 bits per heavy atom. The predicted octanol–water partition coefficient (Wildman–Crippen LogP) is 1.43. The number of halogens is 2. The number of benzene rings is 1. The molecule has 0 aliphatic carbocycles. The minimum Gasteiger partial charge on any atom is -0.480 e. The fourth-order valence-corrected chi connectivity index (χ4v) is 1.46. The van der Waals surface area contributed by atoms with Gasteiger partial charge in [-0.25, -0.2) is 14.0 Å². The highest BCUT2D eigenvalue weighted by atomic mass is 35.5. The second kappa shape index (κ2) is 6.35. The van der Waals surface area contributed by atoms with Crippen molar-refractivity contribution in [3.63, 3.8) is 0 Å². The normalized spacial score (nSPS) is 13.5. The van der Waals surface area contributed by atoms with E-state index in [-0.39, 0.29) is 10.7 Å². The van der Waals surface area contributed by atoms with Crippen molar-refractivity contribution in [3.05, 3.63) is 29.0 Å². The van der Waals surface area contributed by atoms with Crippen LogP contribution in [0.4, 0.5) is 14.9 Å². The number of aliphatic hydroxyl groups is 1. The molecule has 1 aromatic carbocycles. The Kier molecular flexibility index (Phi) is 5.08. The van der Waals surface area contributed by atoms with Gasteiger partial charge in [0.05, 0.1) is 16.8 Å². The van der Waals surface area contributed by atoms with Gasteiger partial charge in [-0.2, -0.15) is 0 Å². The topological polar surface area (TPSA) is 98.7 Å². The van der Waals surface area contributed by atoms with Gasteiger partial charge in [-0.15, -0.1) is 0 Å². The minimum atomic E-state index is -1.50. The summed E-state index contributed by atoms with van der Waals surface area (Å²) in [6, 6.07) is 1.52. The van der Waals surface area contributed by atoms with Crippen molar-refractivity contribution in [1.82, 2.24) is 5.32 Å². The zero-order valence-electron chi connectivity index (χ0n) is 9.85. The molecule has 1 rings (SSSR count).